The van der Waals surface area contributed by atoms with Crippen LogP contribution in [0.5, 0.6) is 0 Å². The van der Waals surface area contributed by atoms with Crippen molar-refractivity contribution in [3.8, 4) is 0 Å². The Morgan fingerprint density at radius 3 is 2.52 bits per heavy atom. The summed E-state index contributed by atoms with van der Waals surface area (Å²) in [4.78, 5) is 7.22. The Morgan fingerprint density at radius 1 is 1.24 bits per heavy atom. The van der Waals surface area contributed by atoms with Crippen molar-refractivity contribution >= 4 is 41.5 Å². The van der Waals surface area contributed by atoms with Crippen LogP contribution in [0, 0.1) is 5.41 Å². The molecule has 1 fully saturated rings. The molecule has 5 nitrogen and oxygen atoms in total. The van der Waals surface area contributed by atoms with E-state index < -0.39 is 0 Å². The minimum Gasteiger partial charge on any atom is -0.381 e. The molecule has 1 aliphatic rings. The number of hydrogen-bond donors (Lipinski definition) is 2. The van der Waals surface area contributed by atoms with E-state index in [1.807, 2.05) is 18.2 Å². The van der Waals surface area contributed by atoms with Crippen molar-refractivity contribution in [3.63, 3.8) is 0 Å². The first kappa shape index (κ1) is 26.5. The third kappa shape index (κ3) is 8.59. The Labute approximate surface area is 199 Å². The highest BCUT2D eigenvalue weighted by Gasteiger charge is 2.34. The summed E-state index contributed by atoms with van der Waals surface area (Å²) in [5.74, 6) is 0.884. The first-order valence-corrected chi connectivity index (χ1v) is 10.7. The molecule has 1 aromatic carbocycles. The van der Waals surface area contributed by atoms with Crippen molar-refractivity contribution in [2.75, 3.05) is 46.9 Å². The summed E-state index contributed by atoms with van der Waals surface area (Å²) in [6, 6.07) is 8.10. The third-order valence-corrected chi connectivity index (χ3v) is 5.77. The number of hydrogen-bond acceptors (Lipinski definition) is 3. The Morgan fingerprint density at radius 2 is 1.93 bits per heavy atom. The van der Waals surface area contributed by atoms with Gasteiger partial charge in [-0.05, 0) is 63.4 Å². The SMILES string of the molecule is CCNC(=NCC(C)(C)Cc1cccc(Cl)c1)NCC1(N(C)C)CCOCC1.I. The number of likely N-dealkylation sites (N-methyl/N-ethyl adjacent to an activating group) is 1. The maximum absolute atomic E-state index is 6.14. The molecule has 0 spiro atoms. The summed E-state index contributed by atoms with van der Waals surface area (Å²) < 4.78 is 5.58. The Kier molecular flexibility index (Phi) is 11.2. The standard InChI is InChI=1S/C22H37ClN4O.HI/c1-6-24-20(26-17-22(27(4)5)10-12-28-13-11-22)25-16-21(2,3)15-18-8-7-9-19(23)14-18;/h7-9,14H,6,10-13,15-17H2,1-5H3,(H2,24,25,26);1H. The van der Waals surface area contributed by atoms with Gasteiger partial charge in [-0.15, -0.1) is 24.0 Å². The molecule has 0 atom stereocenters. The zero-order valence-electron chi connectivity index (χ0n) is 18.6. The fourth-order valence-electron chi connectivity index (χ4n) is 3.67. The molecule has 2 N–H and O–H groups in total. The second-order valence-corrected chi connectivity index (χ2v) is 9.19. The molecule has 1 saturated heterocycles. The summed E-state index contributed by atoms with van der Waals surface area (Å²) in [6.07, 6.45) is 3.01. The monoisotopic (exact) mass is 536 g/mol. The van der Waals surface area contributed by atoms with E-state index in [4.69, 9.17) is 21.3 Å². The smallest absolute Gasteiger partial charge is 0.191 e. The first-order valence-electron chi connectivity index (χ1n) is 10.3. The maximum atomic E-state index is 6.14. The van der Waals surface area contributed by atoms with Gasteiger partial charge in [0.15, 0.2) is 5.96 Å². The molecule has 0 aromatic heterocycles. The zero-order chi connectivity index (χ0) is 20.6. The summed E-state index contributed by atoms with van der Waals surface area (Å²) in [6.45, 7) is 10.7. The van der Waals surface area contributed by atoms with Gasteiger partial charge in [0.1, 0.15) is 0 Å². The molecule has 0 radical (unpaired) electrons. The molecule has 1 aliphatic heterocycles. The molecule has 7 heteroatoms. The molecular weight excluding hydrogens is 499 g/mol. The molecule has 0 saturated carbocycles. The number of nitrogens with one attached hydrogen (secondary N) is 2. The van der Waals surface area contributed by atoms with Crippen LogP contribution in [0.2, 0.25) is 5.02 Å². The van der Waals surface area contributed by atoms with E-state index >= 15 is 0 Å². The Bertz CT molecular complexity index is 645. The van der Waals surface area contributed by atoms with Crippen LogP contribution in [0.3, 0.4) is 0 Å². The van der Waals surface area contributed by atoms with Crippen LogP contribution >= 0.6 is 35.6 Å². The van der Waals surface area contributed by atoms with Gasteiger partial charge < -0.3 is 20.3 Å². The molecule has 29 heavy (non-hydrogen) atoms. The average molecular weight is 537 g/mol. The molecule has 2 rings (SSSR count). The third-order valence-electron chi connectivity index (χ3n) is 5.54. The van der Waals surface area contributed by atoms with E-state index in [-0.39, 0.29) is 34.9 Å². The molecular formula is C22H38ClIN4O. The second-order valence-electron chi connectivity index (χ2n) is 8.75. The van der Waals surface area contributed by atoms with Crippen LogP contribution in [0.15, 0.2) is 29.3 Å². The van der Waals surface area contributed by atoms with Crippen LogP contribution in [0.25, 0.3) is 0 Å². The van der Waals surface area contributed by atoms with E-state index in [0.717, 1.165) is 63.1 Å². The zero-order valence-corrected chi connectivity index (χ0v) is 21.6. The van der Waals surface area contributed by atoms with Gasteiger partial charge in [-0.1, -0.05) is 37.6 Å². The van der Waals surface area contributed by atoms with Crippen molar-refractivity contribution in [2.45, 2.75) is 45.6 Å². The lowest BCUT2D eigenvalue weighted by Gasteiger charge is -2.43. The number of guanidine groups is 1. The van der Waals surface area contributed by atoms with E-state index in [9.17, 15) is 0 Å². The van der Waals surface area contributed by atoms with Gasteiger partial charge in [-0.3, -0.25) is 4.99 Å². The largest absolute Gasteiger partial charge is 0.381 e. The fourth-order valence-corrected chi connectivity index (χ4v) is 3.88. The van der Waals surface area contributed by atoms with Crippen LogP contribution < -0.4 is 10.6 Å². The number of ether oxygens (including phenoxy) is 1. The predicted octanol–water partition coefficient (Wildman–Crippen LogP) is 4.19. The lowest BCUT2D eigenvalue weighted by molar-refractivity contribution is -0.00501. The Balaban J connectivity index is 0.00000420. The van der Waals surface area contributed by atoms with Gasteiger partial charge >= 0.3 is 0 Å². The number of benzene rings is 1. The highest BCUT2D eigenvalue weighted by Crippen LogP contribution is 2.26. The van der Waals surface area contributed by atoms with E-state index in [1.54, 1.807) is 0 Å². The average Bonchev–Trinajstić information content (AvgIpc) is 2.64. The molecule has 1 heterocycles. The molecule has 0 amide bonds. The van der Waals surface area contributed by atoms with Crippen LogP contribution in [0.4, 0.5) is 0 Å². The van der Waals surface area contributed by atoms with Gasteiger partial charge in [-0.25, -0.2) is 0 Å². The predicted molar refractivity (Wildman–Crippen MR) is 135 cm³/mol. The minimum absolute atomic E-state index is 0. The van der Waals surface area contributed by atoms with Crippen molar-refractivity contribution in [1.82, 2.24) is 15.5 Å². The molecule has 0 bridgehead atoms. The summed E-state index contributed by atoms with van der Waals surface area (Å²) in [7, 11) is 4.32. The molecule has 166 valence electrons. The van der Waals surface area contributed by atoms with Gasteiger partial charge in [-0.2, -0.15) is 0 Å². The van der Waals surface area contributed by atoms with Gasteiger partial charge in [0, 0.05) is 43.4 Å². The molecule has 0 aliphatic carbocycles. The maximum Gasteiger partial charge on any atom is 0.191 e. The van der Waals surface area contributed by atoms with Crippen molar-refractivity contribution in [2.24, 2.45) is 10.4 Å². The molecule has 0 unspecified atom stereocenters. The molecule has 1 aromatic rings. The first-order chi connectivity index (χ1) is 13.3. The van der Waals surface area contributed by atoms with Crippen molar-refractivity contribution in [1.29, 1.82) is 0 Å². The van der Waals surface area contributed by atoms with E-state index in [1.165, 1.54) is 5.56 Å². The number of rotatable bonds is 8. The highest BCUT2D eigenvalue weighted by molar-refractivity contribution is 14.0. The summed E-state index contributed by atoms with van der Waals surface area (Å²) >= 11 is 6.14. The second kappa shape index (κ2) is 12.3. The fraction of sp³-hybridized carbons (Fsp3) is 0.682. The number of aliphatic imine (C=N–C) groups is 1. The van der Waals surface area contributed by atoms with Gasteiger partial charge in [0.2, 0.25) is 0 Å². The quantitative estimate of drug-likeness (QED) is 0.297. The number of halogens is 2. The van der Waals surface area contributed by atoms with Gasteiger partial charge in [0.05, 0.1) is 0 Å². The van der Waals surface area contributed by atoms with E-state index in [0.29, 0.717) is 0 Å². The van der Waals surface area contributed by atoms with Crippen LogP contribution in [-0.2, 0) is 11.2 Å². The normalized spacial score (nSPS) is 17.0. The topological polar surface area (TPSA) is 48.9 Å². The summed E-state index contributed by atoms with van der Waals surface area (Å²) in [5, 5.41) is 7.76. The minimum atomic E-state index is 0. The Hall–Kier alpha value is -0.570. The number of nitrogens with zero attached hydrogens (tertiary/aromatic N) is 2. The highest BCUT2D eigenvalue weighted by atomic mass is 127. The lowest BCUT2D eigenvalue weighted by Crippen LogP contribution is -2.57. The van der Waals surface area contributed by atoms with Crippen molar-refractivity contribution in [3.05, 3.63) is 34.9 Å². The van der Waals surface area contributed by atoms with Crippen LogP contribution in [0.1, 0.15) is 39.2 Å². The lowest BCUT2D eigenvalue weighted by atomic mass is 9.86. The van der Waals surface area contributed by atoms with Gasteiger partial charge in [0.25, 0.3) is 0 Å². The van der Waals surface area contributed by atoms with Crippen molar-refractivity contribution < 1.29 is 4.74 Å². The van der Waals surface area contributed by atoms with E-state index in [2.05, 4.69) is 56.5 Å². The van der Waals surface area contributed by atoms with Crippen LogP contribution in [-0.4, -0.2) is 63.3 Å². The summed E-state index contributed by atoms with van der Waals surface area (Å²) in [5.41, 5.74) is 1.41.